The van der Waals surface area contributed by atoms with Crippen LogP contribution in [0.25, 0.3) is 11.1 Å². The molecule has 0 spiro atoms. The Kier molecular flexibility index (Phi) is 10.5. The number of ether oxygens (including phenoxy) is 3. The molecule has 0 aromatic heterocycles. The second-order valence-corrected chi connectivity index (χ2v) is 11.1. The maximum atomic E-state index is 13.7. The van der Waals surface area contributed by atoms with Crippen molar-refractivity contribution in [2.75, 3.05) is 33.2 Å². The van der Waals surface area contributed by atoms with Crippen LogP contribution in [0.2, 0.25) is 0 Å². The Morgan fingerprint density at radius 2 is 1.68 bits per heavy atom. The molecule has 0 saturated heterocycles. The molecule has 0 bridgehead atoms. The van der Waals surface area contributed by atoms with Gasteiger partial charge in [0.05, 0.1) is 33.1 Å². The first kappa shape index (κ1) is 32.3. The van der Waals surface area contributed by atoms with E-state index in [0.29, 0.717) is 54.2 Å². The van der Waals surface area contributed by atoms with Crippen LogP contribution in [-0.4, -0.2) is 45.7 Å². The van der Waals surface area contributed by atoms with Gasteiger partial charge < -0.3 is 30.2 Å². The maximum Gasteiger partial charge on any atom is 0.242 e. The summed E-state index contributed by atoms with van der Waals surface area (Å²) in [6, 6.07) is 11.9. The van der Waals surface area contributed by atoms with Crippen molar-refractivity contribution >= 4 is 17.5 Å². The molecule has 0 heterocycles. The van der Waals surface area contributed by atoms with Crippen molar-refractivity contribution in [3.63, 3.8) is 0 Å². The topological polar surface area (TPSA) is 115 Å². The molecular weight excluding hydrogens is 565 g/mol. The maximum absolute atomic E-state index is 13.7. The molecule has 3 aromatic carbocycles. The highest BCUT2D eigenvalue weighted by Gasteiger charge is 2.30. The van der Waals surface area contributed by atoms with E-state index in [-0.39, 0.29) is 34.7 Å². The highest BCUT2D eigenvalue weighted by atomic mass is 19.1. The molecule has 3 N–H and O–H groups in total. The average molecular weight is 606 g/mol. The molecule has 10 heteroatoms. The Bertz CT molecular complexity index is 1570. The number of carbonyl (C=O) groups is 2. The fraction of sp³-hybridized carbons (Fsp3) is 0.382. The summed E-state index contributed by atoms with van der Waals surface area (Å²) in [5.74, 6) is 0.460. The van der Waals surface area contributed by atoms with Crippen LogP contribution in [0, 0.1) is 11.7 Å². The van der Waals surface area contributed by atoms with E-state index in [4.69, 9.17) is 14.2 Å². The fourth-order valence-corrected chi connectivity index (χ4v) is 5.62. The van der Waals surface area contributed by atoms with E-state index >= 15 is 0 Å². The largest absolute Gasteiger partial charge is 0.493 e. The summed E-state index contributed by atoms with van der Waals surface area (Å²) in [6.45, 7) is 5.60. The summed E-state index contributed by atoms with van der Waals surface area (Å²) >= 11 is 0. The van der Waals surface area contributed by atoms with Crippen LogP contribution < -0.4 is 35.6 Å². The molecule has 1 aliphatic carbocycles. The van der Waals surface area contributed by atoms with Gasteiger partial charge in [0.2, 0.25) is 23.0 Å². The predicted molar refractivity (Wildman–Crippen MR) is 168 cm³/mol. The van der Waals surface area contributed by atoms with Gasteiger partial charge in [-0.3, -0.25) is 14.4 Å². The van der Waals surface area contributed by atoms with Crippen molar-refractivity contribution in [3.05, 3.63) is 81.3 Å². The molecule has 1 aliphatic rings. The van der Waals surface area contributed by atoms with Gasteiger partial charge in [0.25, 0.3) is 0 Å². The summed E-state index contributed by atoms with van der Waals surface area (Å²) in [7, 11) is 4.63. The number of methoxy groups -OCH3 is 3. The number of hydrogen-bond donors (Lipinski definition) is 3. The predicted octanol–water partition coefficient (Wildman–Crippen LogP) is 4.80. The molecule has 0 radical (unpaired) electrons. The molecule has 2 atom stereocenters. The van der Waals surface area contributed by atoms with Crippen molar-refractivity contribution in [1.29, 1.82) is 0 Å². The lowest BCUT2D eigenvalue weighted by atomic mass is 9.95. The van der Waals surface area contributed by atoms with E-state index in [1.54, 1.807) is 32.4 Å². The van der Waals surface area contributed by atoms with Crippen LogP contribution in [0.15, 0.2) is 53.3 Å². The highest BCUT2D eigenvalue weighted by molar-refractivity contribution is 5.86. The lowest BCUT2D eigenvalue weighted by Crippen LogP contribution is -2.44. The lowest BCUT2D eigenvalue weighted by Gasteiger charge is -2.22. The van der Waals surface area contributed by atoms with Gasteiger partial charge in [-0.1, -0.05) is 32.0 Å². The first-order valence-electron chi connectivity index (χ1n) is 14.6. The summed E-state index contributed by atoms with van der Waals surface area (Å²) in [4.78, 5) is 39.2. The van der Waals surface area contributed by atoms with E-state index in [1.807, 2.05) is 26.0 Å². The number of nitrogens with one attached hydrogen (secondary N) is 3. The molecule has 9 nitrogen and oxygen atoms in total. The molecule has 44 heavy (non-hydrogen) atoms. The van der Waals surface area contributed by atoms with Gasteiger partial charge in [0.1, 0.15) is 11.9 Å². The molecule has 3 aromatic rings. The van der Waals surface area contributed by atoms with Gasteiger partial charge in [-0.15, -0.1) is 0 Å². The third-order valence-electron chi connectivity index (χ3n) is 7.80. The summed E-state index contributed by atoms with van der Waals surface area (Å²) in [6.07, 6.45) is 1.66. The van der Waals surface area contributed by atoms with Crippen molar-refractivity contribution in [2.24, 2.45) is 5.92 Å². The number of fused-ring (bicyclic) bond motifs is 3. The minimum Gasteiger partial charge on any atom is -0.493 e. The summed E-state index contributed by atoms with van der Waals surface area (Å²) < 4.78 is 30.3. The zero-order valence-corrected chi connectivity index (χ0v) is 26.0. The Hall–Kier alpha value is -4.60. The zero-order valence-electron chi connectivity index (χ0n) is 26.0. The number of hydrogen-bond acceptors (Lipinski definition) is 7. The van der Waals surface area contributed by atoms with E-state index < -0.39 is 12.1 Å². The van der Waals surface area contributed by atoms with Crippen molar-refractivity contribution in [3.8, 4) is 28.4 Å². The number of rotatable bonds is 11. The Morgan fingerprint density at radius 3 is 2.30 bits per heavy atom. The molecule has 0 unspecified atom stereocenters. The fourth-order valence-electron chi connectivity index (χ4n) is 5.62. The highest BCUT2D eigenvalue weighted by Crippen LogP contribution is 2.50. The third-order valence-corrected chi connectivity index (χ3v) is 7.80. The quantitative estimate of drug-likeness (QED) is 0.288. The number of benzene rings is 2. The molecule has 4 rings (SSSR count). The van der Waals surface area contributed by atoms with Crippen LogP contribution in [0.3, 0.4) is 0 Å². The molecular formula is C34H40FN3O6. The van der Waals surface area contributed by atoms with Gasteiger partial charge in [0, 0.05) is 19.0 Å². The van der Waals surface area contributed by atoms with E-state index in [9.17, 15) is 18.8 Å². The number of anilines is 1. The number of carbonyl (C=O) groups excluding carboxylic acids is 2. The number of halogens is 1. The van der Waals surface area contributed by atoms with E-state index in [0.717, 1.165) is 16.7 Å². The van der Waals surface area contributed by atoms with Crippen molar-refractivity contribution in [2.45, 2.75) is 52.1 Å². The van der Waals surface area contributed by atoms with Crippen LogP contribution in [0.1, 0.15) is 49.9 Å². The van der Waals surface area contributed by atoms with Crippen LogP contribution in [0.4, 0.5) is 10.1 Å². The first-order chi connectivity index (χ1) is 21.1. The monoisotopic (exact) mass is 605 g/mol. The Morgan fingerprint density at radius 1 is 0.977 bits per heavy atom. The normalized spacial score (nSPS) is 14.4. The number of aryl methyl sites for hydroxylation is 1. The van der Waals surface area contributed by atoms with Crippen molar-refractivity contribution < 1.29 is 28.2 Å². The molecule has 234 valence electrons. The molecule has 0 aliphatic heterocycles. The van der Waals surface area contributed by atoms with Gasteiger partial charge in [-0.05, 0) is 77.8 Å². The minimum atomic E-state index is -0.699. The Labute approximate surface area is 257 Å². The van der Waals surface area contributed by atoms with Crippen LogP contribution in [-0.2, 0) is 22.4 Å². The van der Waals surface area contributed by atoms with Crippen molar-refractivity contribution in [1.82, 2.24) is 10.6 Å². The lowest BCUT2D eigenvalue weighted by molar-refractivity contribution is -0.122. The van der Waals surface area contributed by atoms with E-state index in [1.165, 1.54) is 32.2 Å². The zero-order chi connectivity index (χ0) is 32.0. The van der Waals surface area contributed by atoms with Crippen LogP contribution >= 0.6 is 0 Å². The van der Waals surface area contributed by atoms with Crippen LogP contribution in [0.5, 0.6) is 17.2 Å². The summed E-state index contributed by atoms with van der Waals surface area (Å²) in [5, 5.41) is 9.10. The second kappa shape index (κ2) is 14.2. The second-order valence-electron chi connectivity index (χ2n) is 11.1. The minimum absolute atomic E-state index is 0.145. The SMILES string of the molecule is COc1cc2c(c(OC)c1OC)-c1ccc(N[C@H](C(=O)NCCc3ccc(F)cc3)C(C)C)c(=O)cc1[C@@H](NC(C)=O)CC2. The smallest absolute Gasteiger partial charge is 0.242 e. The van der Waals surface area contributed by atoms with Gasteiger partial charge >= 0.3 is 0 Å². The van der Waals surface area contributed by atoms with E-state index in [2.05, 4.69) is 16.0 Å². The molecule has 2 amide bonds. The molecule has 0 saturated carbocycles. The van der Waals surface area contributed by atoms with Gasteiger partial charge in [-0.25, -0.2) is 4.39 Å². The van der Waals surface area contributed by atoms with Gasteiger partial charge in [-0.2, -0.15) is 0 Å². The van der Waals surface area contributed by atoms with Gasteiger partial charge in [0.15, 0.2) is 11.5 Å². The third kappa shape index (κ3) is 7.12. The summed E-state index contributed by atoms with van der Waals surface area (Å²) in [5.41, 5.74) is 3.81. The standard InChI is InChI=1S/C34H40FN3O6/c1-19(2)31(34(41)36-16-15-21-7-10-23(35)11-8-21)38-27-14-12-24-25(18-28(27)40)26(37-20(3)39)13-9-22-17-29(42-4)32(43-5)33(44-6)30(22)24/h7-8,10-12,14,17-19,26,31H,9,13,15-16H2,1-6H3,(H,36,41)(H,37,39)(H,38,40)/t26-,31-/m0/s1. The number of amides is 2. The first-order valence-corrected chi connectivity index (χ1v) is 14.6. The molecule has 0 fully saturated rings. The Balaban J connectivity index is 1.73. The average Bonchev–Trinajstić information content (AvgIpc) is 3.23.